The zero-order valence-electron chi connectivity index (χ0n) is 8.59. The van der Waals surface area contributed by atoms with E-state index in [1.807, 2.05) is 25.0 Å². The number of rotatable bonds is 3. The molecule has 0 spiro atoms. The smallest absolute Gasteiger partial charge is 0.0967 e. The van der Waals surface area contributed by atoms with E-state index >= 15 is 0 Å². The second-order valence-corrected chi connectivity index (χ2v) is 4.80. The van der Waals surface area contributed by atoms with E-state index in [0.717, 1.165) is 12.2 Å². The van der Waals surface area contributed by atoms with Crippen molar-refractivity contribution in [2.45, 2.75) is 30.7 Å². The van der Waals surface area contributed by atoms with Gasteiger partial charge in [-0.15, -0.1) is 5.10 Å². The van der Waals surface area contributed by atoms with E-state index in [2.05, 4.69) is 27.8 Å². The van der Waals surface area contributed by atoms with Crippen LogP contribution in [0.15, 0.2) is 6.20 Å². The van der Waals surface area contributed by atoms with Gasteiger partial charge in [0, 0.05) is 11.8 Å². The molecule has 1 aliphatic rings. The lowest BCUT2D eigenvalue weighted by Gasteiger charge is -2.32. The Morgan fingerprint density at radius 3 is 2.86 bits per heavy atom. The highest BCUT2D eigenvalue weighted by Crippen LogP contribution is 2.35. The molecule has 1 aliphatic carbocycles. The second-order valence-electron chi connectivity index (χ2n) is 4.14. The van der Waals surface area contributed by atoms with E-state index in [-0.39, 0.29) is 0 Å². The molecule has 1 heterocycles. The minimum Gasteiger partial charge on any atom is -0.303 e. The summed E-state index contributed by atoms with van der Waals surface area (Å²) in [6, 6.07) is 0.460. The third-order valence-electron chi connectivity index (χ3n) is 2.58. The Morgan fingerprint density at radius 1 is 1.57 bits per heavy atom. The molecule has 1 saturated carbocycles. The molecule has 1 aromatic heterocycles. The minimum absolute atomic E-state index is 0.460. The Morgan fingerprint density at radius 2 is 2.36 bits per heavy atom. The van der Waals surface area contributed by atoms with Crippen LogP contribution in [0.1, 0.15) is 24.6 Å². The molecule has 4 nitrogen and oxygen atoms in total. The van der Waals surface area contributed by atoms with Crippen LogP contribution in [-0.2, 0) is 6.54 Å². The van der Waals surface area contributed by atoms with Crippen molar-refractivity contribution in [3.05, 3.63) is 11.9 Å². The first-order chi connectivity index (χ1) is 6.66. The fraction of sp³-hybridized carbons (Fsp3) is 0.778. The fourth-order valence-corrected chi connectivity index (χ4v) is 2.08. The molecule has 1 aromatic rings. The normalized spacial score (nSPS) is 26.6. The molecule has 0 aliphatic heterocycles. The van der Waals surface area contributed by atoms with Crippen molar-refractivity contribution in [3.63, 3.8) is 0 Å². The largest absolute Gasteiger partial charge is 0.303 e. The van der Waals surface area contributed by atoms with Gasteiger partial charge in [0.1, 0.15) is 0 Å². The second kappa shape index (κ2) is 3.90. The van der Waals surface area contributed by atoms with Gasteiger partial charge in [0.05, 0.1) is 17.9 Å². The van der Waals surface area contributed by atoms with Gasteiger partial charge in [0.2, 0.25) is 0 Å². The minimum atomic E-state index is 0.460. The molecular weight excluding hydrogens is 196 g/mol. The van der Waals surface area contributed by atoms with Gasteiger partial charge in [0.25, 0.3) is 0 Å². The van der Waals surface area contributed by atoms with Crippen molar-refractivity contribution >= 4 is 12.6 Å². The van der Waals surface area contributed by atoms with Gasteiger partial charge in [-0.05, 0) is 26.9 Å². The van der Waals surface area contributed by atoms with Crippen molar-refractivity contribution in [2.75, 3.05) is 14.1 Å². The molecule has 0 amide bonds. The molecule has 14 heavy (non-hydrogen) atoms. The third kappa shape index (κ3) is 1.93. The first-order valence-corrected chi connectivity index (χ1v) is 5.42. The predicted octanol–water partition coefficient (Wildman–Crippen LogP) is 0.973. The molecule has 0 bridgehead atoms. The molecule has 1 fully saturated rings. The van der Waals surface area contributed by atoms with E-state index in [0.29, 0.717) is 11.3 Å². The summed E-state index contributed by atoms with van der Waals surface area (Å²) in [4.78, 5) is 2.09. The summed E-state index contributed by atoms with van der Waals surface area (Å²) in [5.41, 5.74) is 1.03. The van der Waals surface area contributed by atoms with E-state index in [1.165, 1.54) is 12.8 Å². The summed E-state index contributed by atoms with van der Waals surface area (Å²) < 4.78 is 1.96. The Kier molecular flexibility index (Phi) is 2.78. The van der Waals surface area contributed by atoms with Gasteiger partial charge in [0.15, 0.2) is 0 Å². The Labute approximate surface area is 89.7 Å². The standard InChI is InChI=1S/C9H16N4S/c1-12(2)5-7-6-13(11-10-7)8-3-4-9(8)14/h6,8-9,14H,3-5H2,1-2H3. The quantitative estimate of drug-likeness (QED) is 0.758. The van der Waals surface area contributed by atoms with Crippen LogP contribution in [0.25, 0.3) is 0 Å². The molecule has 5 heteroatoms. The molecule has 2 unspecified atom stereocenters. The summed E-state index contributed by atoms with van der Waals surface area (Å²) in [6.07, 6.45) is 4.41. The van der Waals surface area contributed by atoms with Gasteiger partial charge < -0.3 is 4.90 Å². The molecule has 78 valence electrons. The van der Waals surface area contributed by atoms with Crippen molar-refractivity contribution in [1.29, 1.82) is 0 Å². The van der Waals surface area contributed by atoms with Crippen LogP contribution in [0, 0.1) is 0 Å². The third-order valence-corrected chi connectivity index (χ3v) is 3.18. The average molecular weight is 212 g/mol. The summed E-state index contributed by atoms with van der Waals surface area (Å²) >= 11 is 4.47. The number of nitrogens with zero attached hydrogens (tertiary/aromatic N) is 4. The number of hydrogen-bond acceptors (Lipinski definition) is 4. The maximum atomic E-state index is 4.47. The highest BCUT2D eigenvalue weighted by molar-refractivity contribution is 7.81. The van der Waals surface area contributed by atoms with Gasteiger partial charge in [-0.1, -0.05) is 5.21 Å². The Balaban J connectivity index is 2.02. The van der Waals surface area contributed by atoms with Crippen molar-refractivity contribution in [2.24, 2.45) is 0 Å². The van der Waals surface area contributed by atoms with Gasteiger partial charge in [-0.2, -0.15) is 12.6 Å². The summed E-state index contributed by atoms with van der Waals surface area (Å²) in [6.45, 7) is 0.851. The average Bonchev–Trinajstić information content (AvgIpc) is 2.49. The van der Waals surface area contributed by atoms with Crippen LogP contribution in [0.4, 0.5) is 0 Å². The van der Waals surface area contributed by atoms with Gasteiger partial charge >= 0.3 is 0 Å². The predicted molar refractivity (Wildman–Crippen MR) is 58.5 cm³/mol. The Bertz CT molecular complexity index is 310. The van der Waals surface area contributed by atoms with Crippen molar-refractivity contribution in [3.8, 4) is 0 Å². The molecule has 0 N–H and O–H groups in total. The van der Waals surface area contributed by atoms with Crippen LogP contribution >= 0.6 is 12.6 Å². The number of hydrogen-bond donors (Lipinski definition) is 1. The highest BCUT2D eigenvalue weighted by atomic mass is 32.1. The first kappa shape index (κ1) is 9.98. The van der Waals surface area contributed by atoms with Gasteiger partial charge in [-0.25, -0.2) is 4.68 Å². The van der Waals surface area contributed by atoms with E-state index in [9.17, 15) is 0 Å². The fourth-order valence-electron chi connectivity index (χ4n) is 1.65. The maximum absolute atomic E-state index is 4.47. The molecule has 0 saturated heterocycles. The molecule has 0 radical (unpaired) electrons. The van der Waals surface area contributed by atoms with E-state index in [1.54, 1.807) is 0 Å². The van der Waals surface area contributed by atoms with Crippen LogP contribution < -0.4 is 0 Å². The summed E-state index contributed by atoms with van der Waals surface area (Å²) in [5, 5.41) is 8.73. The maximum Gasteiger partial charge on any atom is 0.0967 e. The summed E-state index contributed by atoms with van der Waals surface area (Å²) in [7, 11) is 4.06. The number of aromatic nitrogens is 3. The number of thiol groups is 1. The van der Waals surface area contributed by atoms with Gasteiger partial charge in [-0.3, -0.25) is 0 Å². The molecule has 2 atom stereocenters. The van der Waals surface area contributed by atoms with Crippen LogP contribution in [0.3, 0.4) is 0 Å². The zero-order valence-corrected chi connectivity index (χ0v) is 9.48. The topological polar surface area (TPSA) is 34.0 Å². The van der Waals surface area contributed by atoms with Crippen LogP contribution in [-0.4, -0.2) is 39.2 Å². The Hall–Kier alpha value is -0.550. The SMILES string of the molecule is CN(C)Cc1cn(C2CCC2S)nn1. The first-order valence-electron chi connectivity index (χ1n) is 4.90. The molecule has 0 aromatic carbocycles. The van der Waals surface area contributed by atoms with Crippen LogP contribution in [0.5, 0.6) is 0 Å². The lowest BCUT2D eigenvalue weighted by molar-refractivity contribution is 0.299. The lowest BCUT2D eigenvalue weighted by atomic mass is 9.92. The van der Waals surface area contributed by atoms with E-state index in [4.69, 9.17) is 0 Å². The zero-order chi connectivity index (χ0) is 10.1. The van der Waals surface area contributed by atoms with E-state index < -0.39 is 0 Å². The highest BCUT2D eigenvalue weighted by Gasteiger charge is 2.30. The van der Waals surface area contributed by atoms with Crippen LogP contribution in [0.2, 0.25) is 0 Å². The molecular formula is C9H16N4S. The van der Waals surface area contributed by atoms with Crippen molar-refractivity contribution < 1.29 is 0 Å². The molecule has 2 rings (SSSR count). The lowest BCUT2D eigenvalue weighted by Crippen LogP contribution is -2.30. The monoisotopic (exact) mass is 212 g/mol. The summed E-state index contributed by atoms with van der Waals surface area (Å²) in [5.74, 6) is 0. The van der Waals surface area contributed by atoms with Crippen molar-refractivity contribution in [1.82, 2.24) is 19.9 Å².